The Morgan fingerprint density at radius 2 is 0.691 bits per heavy atom. The van der Waals surface area contributed by atoms with E-state index >= 15 is 0 Å². The van der Waals surface area contributed by atoms with Crippen molar-refractivity contribution in [1.82, 2.24) is 0 Å². The molecular weight excluding hydrogens is 685 g/mol. The van der Waals surface area contributed by atoms with Crippen molar-refractivity contribution in [2.45, 2.75) is 245 Å². The molecule has 1 atom stereocenters. The van der Waals surface area contributed by atoms with Gasteiger partial charge in [-0.25, -0.2) is 0 Å². The van der Waals surface area contributed by atoms with Crippen molar-refractivity contribution in [1.29, 1.82) is 0 Å². The van der Waals surface area contributed by atoms with E-state index in [4.69, 9.17) is 14.2 Å². The zero-order chi connectivity index (χ0) is 40.1. The van der Waals surface area contributed by atoms with E-state index in [1.807, 2.05) is 0 Å². The van der Waals surface area contributed by atoms with Gasteiger partial charge in [-0.1, -0.05) is 186 Å². The first-order chi connectivity index (χ1) is 27.0. The number of carbonyl (C=O) groups is 3. The zero-order valence-corrected chi connectivity index (χ0v) is 36.4. The van der Waals surface area contributed by atoms with Crippen LogP contribution in [0.15, 0.2) is 36.5 Å². The molecule has 55 heavy (non-hydrogen) atoms. The number of allylic oxidation sites excluding steroid dienone is 6. The molecule has 0 aliphatic heterocycles. The molecule has 0 saturated heterocycles. The van der Waals surface area contributed by atoms with Gasteiger partial charge in [0.1, 0.15) is 13.2 Å². The van der Waals surface area contributed by atoms with Gasteiger partial charge in [-0.15, -0.1) is 0 Å². The van der Waals surface area contributed by atoms with Crippen molar-refractivity contribution in [3.63, 3.8) is 0 Å². The van der Waals surface area contributed by atoms with Crippen LogP contribution in [0.2, 0.25) is 0 Å². The topological polar surface area (TPSA) is 78.9 Å². The minimum absolute atomic E-state index is 0.0782. The summed E-state index contributed by atoms with van der Waals surface area (Å²) in [7, 11) is 0. The van der Waals surface area contributed by atoms with Crippen LogP contribution < -0.4 is 0 Å². The van der Waals surface area contributed by atoms with Crippen LogP contribution in [0.3, 0.4) is 0 Å². The summed E-state index contributed by atoms with van der Waals surface area (Å²) >= 11 is 0. The molecule has 0 amide bonds. The highest BCUT2D eigenvalue weighted by atomic mass is 16.6. The SMILES string of the molecule is CCC/C=C\C/C=C\CCCCCCCC(=O)OC(COC(=O)CCCCCCCCC)COC(=O)CCCCCCCCC/C=C\CCCCCCCC. The molecule has 320 valence electrons. The molecule has 0 radical (unpaired) electrons. The van der Waals surface area contributed by atoms with Crippen LogP contribution in [0.1, 0.15) is 239 Å². The molecule has 0 aromatic heterocycles. The Morgan fingerprint density at radius 1 is 0.364 bits per heavy atom. The van der Waals surface area contributed by atoms with Crippen LogP contribution in [0.4, 0.5) is 0 Å². The fourth-order valence-corrected chi connectivity index (χ4v) is 6.53. The summed E-state index contributed by atoms with van der Waals surface area (Å²) in [6.45, 7) is 6.51. The van der Waals surface area contributed by atoms with E-state index < -0.39 is 6.10 Å². The van der Waals surface area contributed by atoms with Crippen LogP contribution in [-0.2, 0) is 28.6 Å². The largest absolute Gasteiger partial charge is 0.462 e. The molecule has 6 nitrogen and oxygen atoms in total. The number of hydrogen-bond donors (Lipinski definition) is 0. The van der Waals surface area contributed by atoms with Crippen LogP contribution in [-0.4, -0.2) is 37.2 Å². The monoisotopic (exact) mass is 773 g/mol. The highest BCUT2D eigenvalue weighted by Gasteiger charge is 2.19. The van der Waals surface area contributed by atoms with Gasteiger partial charge < -0.3 is 14.2 Å². The number of unbranched alkanes of at least 4 members (excludes halogenated alkanes) is 25. The molecule has 6 heteroatoms. The Morgan fingerprint density at radius 3 is 1.09 bits per heavy atom. The first-order valence-electron chi connectivity index (χ1n) is 23.5. The van der Waals surface area contributed by atoms with Gasteiger partial charge in [0.2, 0.25) is 0 Å². The number of carbonyl (C=O) groups excluding carboxylic acids is 3. The van der Waals surface area contributed by atoms with Gasteiger partial charge in [-0.2, -0.15) is 0 Å². The molecule has 0 aliphatic rings. The zero-order valence-electron chi connectivity index (χ0n) is 36.4. The Hall–Kier alpha value is -2.37. The minimum Gasteiger partial charge on any atom is -0.462 e. The smallest absolute Gasteiger partial charge is 0.306 e. The minimum atomic E-state index is -0.775. The molecule has 0 aromatic rings. The van der Waals surface area contributed by atoms with Crippen molar-refractivity contribution in [3.8, 4) is 0 Å². The lowest BCUT2D eigenvalue weighted by Crippen LogP contribution is -2.30. The highest BCUT2D eigenvalue weighted by Crippen LogP contribution is 2.14. The van der Waals surface area contributed by atoms with Gasteiger partial charge in [-0.05, 0) is 70.6 Å². The molecule has 0 spiro atoms. The number of ether oxygens (including phenoxy) is 3. The van der Waals surface area contributed by atoms with Crippen LogP contribution in [0.25, 0.3) is 0 Å². The summed E-state index contributed by atoms with van der Waals surface area (Å²) in [5, 5.41) is 0. The second-order valence-corrected chi connectivity index (χ2v) is 15.7. The van der Waals surface area contributed by atoms with E-state index in [0.29, 0.717) is 19.3 Å². The first-order valence-corrected chi connectivity index (χ1v) is 23.5. The van der Waals surface area contributed by atoms with E-state index in [1.165, 1.54) is 109 Å². The number of rotatable bonds is 42. The van der Waals surface area contributed by atoms with Gasteiger partial charge in [0.25, 0.3) is 0 Å². The van der Waals surface area contributed by atoms with E-state index in [0.717, 1.165) is 89.9 Å². The van der Waals surface area contributed by atoms with E-state index in [-0.39, 0.29) is 31.1 Å². The summed E-state index contributed by atoms with van der Waals surface area (Å²) in [6.07, 6.45) is 49.9. The van der Waals surface area contributed by atoms with Crippen molar-refractivity contribution < 1.29 is 28.6 Å². The first kappa shape index (κ1) is 52.6. The van der Waals surface area contributed by atoms with Gasteiger partial charge in [0, 0.05) is 19.3 Å². The quantitative estimate of drug-likeness (QED) is 0.0266. The Labute approximate surface area is 340 Å². The summed E-state index contributed by atoms with van der Waals surface area (Å²) in [6, 6.07) is 0. The lowest BCUT2D eigenvalue weighted by Gasteiger charge is -2.18. The summed E-state index contributed by atoms with van der Waals surface area (Å²) in [4.78, 5) is 37.6. The maximum Gasteiger partial charge on any atom is 0.306 e. The number of esters is 3. The van der Waals surface area contributed by atoms with Gasteiger partial charge in [-0.3, -0.25) is 14.4 Å². The third-order valence-corrected chi connectivity index (χ3v) is 10.1. The van der Waals surface area contributed by atoms with Crippen molar-refractivity contribution in [2.75, 3.05) is 13.2 Å². The molecule has 1 unspecified atom stereocenters. The third-order valence-electron chi connectivity index (χ3n) is 10.1. The summed E-state index contributed by atoms with van der Waals surface area (Å²) < 4.78 is 16.7. The normalized spacial score (nSPS) is 12.3. The van der Waals surface area contributed by atoms with E-state index in [1.54, 1.807) is 0 Å². The highest BCUT2D eigenvalue weighted by molar-refractivity contribution is 5.71. The predicted octanol–water partition coefficient (Wildman–Crippen LogP) is 15.0. The summed E-state index contributed by atoms with van der Waals surface area (Å²) in [5.74, 6) is -0.901. The van der Waals surface area contributed by atoms with Gasteiger partial charge in [0.05, 0.1) is 0 Å². The standard InChI is InChI=1S/C49H88O6/c1-4-7-10-13-16-18-20-22-23-24-25-27-28-30-33-36-39-42-48(51)54-45-46(44-53-47(50)41-38-35-32-15-12-9-6-3)55-49(52)43-40-37-34-31-29-26-21-19-17-14-11-8-5-2/h11,14,19,21-23,46H,4-10,12-13,15-18,20,24-45H2,1-3H3/b14-11-,21-19-,23-22-. The lowest BCUT2D eigenvalue weighted by molar-refractivity contribution is -0.167. The van der Waals surface area contributed by atoms with Crippen LogP contribution in [0, 0.1) is 0 Å². The van der Waals surface area contributed by atoms with Gasteiger partial charge >= 0.3 is 17.9 Å². The van der Waals surface area contributed by atoms with Crippen molar-refractivity contribution in [2.24, 2.45) is 0 Å². The second-order valence-electron chi connectivity index (χ2n) is 15.7. The fourth-order valence-electron chi connectivity index (χ4n) is 6.53. The van der Waals surface area contributed by atoms with Crippen molar-refractivity contribution in [3.05, 3.63) is 36.5 Å². The average Bonchev–Trinajstić information content (AvgIpc) is 3.18. The van der Waals surface area contributed by atoms with Gasteiger partial charge in [0.15, 0.2) is 6.10 Å². The molecule has 0 heterocycles. The average molecular weight is 773 g/mol. The van der Waals surface area contributed by atoms with Crippen LogP contribution >= 0.6 is 0 Å². The molecular formula is C49H88O6. The third kappa shape index (κ3) is 42.6. The second kappa shape index (κ2) is 44.3. The molecule has 0 N–H and O–H groups in total. The van der Waals surface area contributed by atoms with Crippen LogP contribution in [0.5, 0.6) is 0 Å². The van der Waals surface area contributed by atoms with E-state index in [9.17, 15) is 14.4 Å². The van der Waals surface area contributed by atoms with Crippen molar-refractivity contribution >= 4 is 17.9 Å². The Bertz CT molecular complexity index is 938. The predicted molar refractivity (Wildman–Crippen MR) is 233 cm³/mol. The Kier molecular flexibility index (Phi) is 42.4. The maximum absolute atomic E-state index is 12.7. The molecule has 0 fully saturated rings. The molecule has 0 saturated carbocycles. The van der Waals surface area contributed by atoms with E-state index in [2.05, 4.69) is 57.2 Å². The summed E-state index contributed by atoms with van der Waals surface area (Å²) in [5.41, 5.74) is 0. The molecule has 0 aliphatic carbocycles. The maximum atomic E-state index is 12.7. The molecule has 0 bridgehead atoms. The molecule has 0 rings (SSSR count). The lowest BCUT2D eigenvalue weighted by atomic mass is 10.1. The molecule has 0 aromatic carbocycles. The Balaban J connectivity index is 4.29. The fraction of sp³-hybridized carbons (Fsp3) is 0.816. The number of hydrogen-bond acceptors (Lipinski definition) is 6.